The maximum absolute atomic E-state index is 11.7. The van der Waals surface area contributed by atoms with Crippen LogP contribution in [0.15, 0.2) is 11.4 Å². The van der Waals surface area contributed by atoms with E-state index in [0.29, 0.717) is 19.4 Å². The lowest BCUT2D eigenvalue weighted by Gasteiger charge is -2.16. The van der Waals surface area contributed by atoms with Gasteiger partial charge in [-0.05, 0) is 36.8 Å². The van der Waals surface area contributed by atoms with Crippen molar-refractivity contribution in [3.05, 3.63) is 21.9 Å². The van der Waals surface area contributed by atoms with Crippen LogP contribution in [0.3, 0.4) is 0 Å². The zero-order chi connectivity index (χ0) is 12.0. The van der Waals surface area contributed by atoms with Crippen molar-refractivity contribution < 1.29 is 9.90 Å². The Kier molecular flexibility index (Phi) is 5.49. The molecule has 0 atom stereocenters. The normalized spacial score (nSPS) is 10.4. The Morgan fingerprint density at radius 3 is 2.81 bits per heavy atom. The lowest BCUT2D eigenvalue weighted by atomic mass is 10.2. The summed E-state index contributed by atoms with van der Waals surface area (Å²) >= 11 is 1.69. The zero-order valence-electron chi connectivity index (χ0n) is 9.90. The van der Waals surface area contributed by atoms with Crippen LogP contribution >= 0.6 is 11.3 Å². The molecule has 0 fully saturated rings. The summed E-state index contributed by atoms with van der Waals surface area (Å²) in [6.07, 6.45) is 2.00. The second kappa shape index (κ2) is 6.66. The minimum absolute atomic E-state index is 0.154. The molecule has 1 amide bonds. The van der Waals surface area contributed by atoms with E-state index in [1.807, 2.05) is 7.05 Å². The molecule has 0 saturated heterocycles. The Hall–Kier alpha value is -0.870. The van der Waals surface area contributed by atoms with E-state index in [9.17, 15) is 4.79 Å². The van der Waals surface area contributed by atoms with Crippen LogP contribution in [0.4, 0.5) is 0 Å². The lowest BCUT2D eigenvalue weighted by Crippen LogP contribution is -2.25. The van der Waals surface area contributed by atoms with Gasteiger partial charge in [0.1, 0.15) is 0 Å². The van der Waals surface area contributed by atoms with Crippen molar-refractivity contribution in [2.45, 2.75) is 32.7 Å². The smallest absolute Gasteiger partial charge is 0.222 e. The first-order valence-electron chi connectivity index (χ1n) is 5.53. The van der Waals surface area contributed by atoms with Crippen molar-refractivity contribution in [2.75, 3.05) is 13.7 Å². The number of aliphatic hydroxyl groups excluding tert-OH is 1. The van der Waals surface area contributed by atoms with Gasteiger partial charge in [-0.3, -0.25) is 4.79 Å². The number of amides is 1. The molecule has 1 rings (SSSR count). The fourth-order valence-electron chi connectivity index (χ4n) is 1.45. The molecule has 90 valence electrons. The van der Waals surface area contributed by atoms with Gasteiger partial charge >= 0.3 is 0 Å². The topological polar surface area (TPSA) is 40.5 Å². The highest BCUT2D eigenvalue weighted by Gasteiger charge is 2.10. The van der Waals surface area contributed by atoms with Crippen LogP contribution in [0.2, 0.25) is 0 Å². The first-order valence-corrected chi connectivity index (χ1v) is 6.41. The number of thiophene rings is 1. The summed E-state index contributed by atoms with van der Waals surface area (Å²) in [6, 6.07) is 2.07. The Morgan fingerprint density at radius 2 is 2.25 bits per heavy atom. The first kappa shape index (κ1) is 13.2. The number of nitrogens with zero attached hydrogens (tertiary/aromatic N) is 1. The van der Waals surface area contributed by atoms with Crippen molar-refractivity contribution in [3.8, 4) is 0 Å². The lowest BCUT2D eigenvalue weighted by molar-refractivity contribution is -0.130. The van der Waals surface area contributed by atoms with Crippen molar-refractivity contribution in [3.63, 3.8) is 0 Å². The fraction of sp³-hybridized carbons (Fsp3) is 0.583. The summed E-state index contributed by atoms with van der Waals surface area (Å²) in [5, 5.41) is 10.7. The molecule has 1 N–H and O–H groups in total. The molecule has 0 aliphatic carbocycles. The van der Waals surface area contributed by atoms with Crippen molar-refractivity contribution in [1.82, 2.24) is 4.90 Å². The fourth-order valence-corrected chi connectivity index (χ4v) is 2.41. The van der Waals surface area contributed by atoms with E-state index in [-0.39, 0.29) is 12.5 Å². The summed E-state index contributed by atoms with van der Waals surface area (Å²) in [7, 11) is 1.83. The number of carbonyl (C=O) groups excluding carboxylic acids is 1. The van der Waals surface area contributed by atoms with Gasteiger partial charge in [0.2, 0.25) is 5.91 Å². The molecule has 0 unspecified atom stereocenters. The van der Waals surface area contributed by atoms with Gasteiger partial charge in [-0.15, -0.1) is 11.3 Å². The summed E-state index contributed by atoms with van der Waals surface area (Å²) in [5.74, 6) is 0.154. The second-order valence-corrected chi connectivity index (χ2v) is 4.96. The molecule has 0 aliphatic heterocycles. The average Bonchev–Trinajstić information content (AvgIpc) is 2.64. The number of aliphatic hydroxyl groups is 1. The zero-order valence-corrected chi connectivity index (χ0v) is 10.7. The number of rotatable bonds is 6. The number of unbranched alkanes of at least 4 members (excludes halogenated alkanes) is 1. The molecule has 0 spiro atoms. The van der Waals surface area contributed by atoms with Gasteiger partial charge in [0.05, 0.1) is 6.54 Å². The summed E-state index contributed by atoms with van der Waals surface area (Å²) in [6.45, 7) is 2.93. The standard InChI is InChI=1S/C12H19NO2S/c1-10-6-8-16-11(10)9-13(2)12(15)5-3-4-7-14/h6,8,14H,3-5,7,9H2,1-2H3. The average molecular weight is 241 g/mol. The van der Waals surface area contributed by atoms with E-state index in [0.717, 1.165) is 6.42 Å². The summed E-state index contributed by atoms with van der Waals surface area (Å²) in [5.41, 5.74) is 1.25. The second-order valence-electron chi connectivity index (χ2n) is 3.96. The maximum Gasteiger partial charge on any atom is 0.222 e. The minimum Gasteiger partial charge on any atom is -0.396 e. The maximum atomic E-state index is 11.7. The Labute approximate surface area is 101 Å². The predicted octanol–water partition coefficient (Wildman–Crippen LogP) is 2.18. The van der Waals surface area contributed by atoms with Crippen LogP contribution in [0.1, 0.15) is 29.7 Å². The van der Waals surface area contributed by atoms with Crippen LogP contribution < -0.4 is 0 Å². The predicted molar refractivity (Wildman–Crippen MR) is 66.5 cm³/mol. The highest BCUT2D eigenvalue weighted by atomic mass is 32.1. The number of aryl methyl sites for hydroxylation is 1. The van der Waals surface area contributed by atoms with E-state index >= 15 is 0 Å². The minimum atomic E-state index is 0.154. The molecule has 1 aromatic heterocycles. The molecule has 3 nitrogen and oxygen atoms in total. The van der Waals surface area contributed by atoms with Crippen molar-refractivity contribution in [1.29, 1.82) is 0 Å². The van der Waals surface area contributed by atoms with Gasteiger partial charge in [0, 0.05) is 25.0 Å². The molecule has 1 heterocycles. The van der Waals surface area contributed by atoms with E-state index < -0.39 is 0 Å². The van der Waals surface area contributed by atoms with Crippen LogP contribution in [0.25, 0.3) is 0 Å². The van der Waals surface area contributed by atoms with Gasteiger partial charge < -0.3 is 10.0 Å². The molecule has 0 bridgehead atoms. The molecule has 0 radical (unpaired) electrons. The van der Waals surface area contributed by atoms with Gasteiger partial charge in [-0.2, -0.15) is 0 Å². The molecule has 0 aliphatic rings. The van der Waals surface area contributed by atoms with Crippen LogP contribution in [0, 0.1) is 6.92 Å². The molecule has 0 aromatic carbocycles. The number of hydrogen-bond acceptors (Lipinski definition) is 3. The van der Waals surface area contributed by atoms with Gasteiger partial charge in [0.25, 0.3) is 0 Å². The number of hydrogen-bond donors (Lipinski definition) is 1. The Balaban J connectivity index is 2.37. The van der Waals surface area contributed by atoms with Gasteiger partial charge in [-0.1, -0.05) is 0 Å². The third-order valence-electron chi connectivity index (χ3n) is 2.57. The molecular weight excluding hydrogens is 222 g/mol. The van der Waals surface area contributed by atoms with Crippen LogP contribution in [-0.2, 0) is 11.3 Å². The van der Waals surface area contributed by atoms with Crippen LogP contribution in [-0.4, -0.2) is 29.6 Å². The Morgan fingerprint density at radius 1 is 1.50 bits per heavy atom. The monoisotopic (exact) mass is 241 g/mol. The van der Waals surface area contributed by atoms with Crippen molar-refractivity contribution in [2.24, 2.45) is 0 Å². The summed E-state index contributed by atoms with van der Waals surface area (Å²) in [4.78, 5) is 14.7. The quantitative estimate of drug-likeness (QED) is 0.775. The molecule has 4 heteroatoms. The van der Waals surface area contributed by atoms with E-state index in [2.05, 4.69) is 18.4 Å². The Bertz CT molecular complexity index is 336. The van der Waals surface area contributed by atoms with Gasteiger partial charge in [-0.25, -0.2) is 0 Å². The molecule has 0 saturated carbocycles. The third-order valence-corrected chi connectivity index (χ3v) is 3.58. The third kappa shape index (κ3) is 3.94. The number of carbonyl (C=O) groups is 1. The van der Waals surface area contributed by atoms with Crippen LogP contribution in [0.5, 0.6) is 0 Å². The largest absolute Gasteiger partial charge is 0.396 e. The molecule has 16 heavy (non-hydrogen) atoms. The SMILES string of the molecule is Cc1ccsc1CN(C)C(=O)CCCCO. The van der Waals surface area contributed by atoms with Crippen molar-refractivity contribution >= 4 is 17.2 Å². The van der Waals surface area contributed by atoms with E-state index in [4.69, 9.17) is 5.11 Å². The summed E-state index contributed by atoms with van der Waals surface area (Å²) < 4.78 is 0. The van der Waals surface area contributed by atoms with Gasteiger partial charge in [0.15, 0.2) is 0 Å². The van der Waals surface area contributed by atoms with E-state index in [1.54, 1.807) is 16.2 Å². The van der Waals surface area contributed by atoms with E-state index in [1.165, 1.54) is 10.4 Å². The molecular formula is C12H19NO2S. The highest BCUT2D eigenvalue weighted by molar-refractivity contribution is 7.10. The first-order chi connectivity index (χ1) is 7.65. The molecule has 1 aromatic rings. The highest BCUT2D eigenvalue weighted by Crippen LogP contribution is 2.17.